The lowest BCUT2D eigenvalue weighted by Crippen LogP contribution is -2.29. The summed E-state index contributed by atoms with van der Waals surface area (Å²) in [5.74, 6) is -3.28. The molecule has 0 heterocycles. The molecule has 0 amide bonds. The first-order valence-electron chi connectivity index (χ1n) is 5.13. The zero-order valence-electron chi connectivity index (χ0n) is 9.53. The molecule has 1 unspecified atom stereocenters. The summed E-state index contributed by atoms with van der Waals surface area (Å²) in [5, 5.41) is 0. The minimum atomic E-state index is -1.36. The first-order valence-corrected chi connectivity index (χ1v) is 5.13. The summed E-state index contributed by atoms with van der Waals surface area (Å²) < 4.78 is 9.74. The maximum Gasteiger partial charge on any atom is 0.325 e. The molecule has 0 saturated heterocycles. The first-order chi connectivity index (χ1) is 7.54. The number of carbonyl (C=O) groups is 3. The van der Waals surface area contributed by atoms with Crippen LogP contribution in [0.2, 0.25) is 0 Å². The number of allylic oxidation sites excluding steroid dienone is 2. The summed E-state index contributed by atoms with van der Waals surface area (Å²) in [6.45, 7) is 5.21. The molecule has 88 valence electrons. The van der Waals surface area contributed by atoms with Crippen LogP contribution >= 0.6 is 0 Å². The molecule has 0 bridgehead atoms. The van der Waals surface area contributed by atoms with Crippen LogP contribution in [0.5, 0.6) is 0 Å². The van der Waals surface area contributed by atoms with Crippen molar-refractivity contribution in [3.8, 4) is 0 Å². The average molecular weight is 226 g/mol. The van der Waals surface area contributed by atoms with Gasteiger partial charge in [-0.2, -0.15) is 0 Å². The fourth-order valence-corrected chi connectivity index (χ4v) is 1.53. The monoisotopic (exact) mass is 226 g/mol. The highest BCUT2D eigenvalue weighted by molar-refractivity contribution is 6.32. The second-order valence-corrected chi connectivity index (χ2v) is 3.30. The highest BCUT2D eigenvalue weighted by Gasteiger charge is 2.45. The van der Waals surface area contributed by atoms with Gasteiger partial charge in [0.15, 0.2) is 17.5 Å². The van der Waals surface area contributed by atoms with E-state index in [1.54, 1.807) is 13.8 Å². The summed E-state index contributed by atoms with van der Waals surface area (Å²) in [4.78, 5) is 34.8. The van der Waals surface area contributed by atoms with Crippen LogP contribution in [0.15, 0.2) is 11.3 Å². The third-order valence-electron chi connectivity index (χ3n) is 2.27. The number of ketones is 2. The van der Waals surface area contributed by atoms with E-state index in [0.29, 0.717) is 0 Å². The molecular weight excluding hydrogens is 212 g/mol. The van der Waals surface area contributed by atoms with Crippen LogP contribution in [0.25, 0.3) is 0 Å². The Bertz CT molecular complexity index is 367. The van der Waals surface area contributed by atoms with Crippen LogP contribution in [0.3, 0.4) is 0 Å². The Morgan fingerprint density at radius 3 is 2.31 bits per heavy atom. The Morgan fingerprint density at radius 1 is 1.19 bits per heavy atom. The summed E-state index contributed by atoms with van der Waals surface area (Å²) >= 11 is 0. The van der Waals surface area contributed by atoms with E-state index in [9.17, 15) is 14.4 Å². The Morgan fingerprint density at radius 2 is 1.81 bits per heavy atom. The predicted molar refractivity (Wildman–Crippen MR) is 54.5 cm³/mol. The average Bonchev–Trinajstić information content (AvgIpc) is 2.44. The third-order valence-corrected chi connectivity index (χ3v) is 2.27. The van der Waals surface area contributed by atoms with Crippen LogP contribution in [0, 0.1) is 5.92 Å². The third kappa shape index (κ3) is 1.98. The smallest absolute Gasteiger partial charge is 0.325 e. The number of hydrogen-bond acceptors (Lipinski definition) is 5. The summed E-state index contributed by atoms with van der Waals surface area (Å²) in [6.07, 6.45) is 0. The van der Waals surface area contributed by atoms with Gasteiger partial charge in [-0.25, -0.2) is 0 Å². The molecule has 1 atom stereocenters. The molecule has 16 heavy (non-hydrogen) atoms. The molecule has 5 heteroatoms. The molecule has 0 N–H and O–H groups in total. The van der Waals surface area contributed by atoms with Crippen molar-refractivity contribution < 1.29 is 23.9 Å². The lowest BCUT2D eigenvalue weighted by molar-refractivity contribution is -0.152. The van der Waals surface area contributed by atoms with E-state index >= 15 is 0 Å². The van der Waals surface area contributed by atoms with E-state index in [0.717, 1.165) is 0 Å². The van der Waals surface area contributed by atoms with Gasteiger partial charge < -0.3 is 9.47 Å². The van der Waals surface area contributed by atoms with Crippen molar-refractivity contribution in [3.05, 3.63) is 11.3 Å². The Hall–Kier alpha value is -1.65. The molecule has 0 aromatic rings. The molecule has 0 aromatic carbocycles. The zero-order chi connectivity index (χ0) is 12.3. The lowest BCUT2D eigenvalue weighted by Gasteiger charge is -2.07. The molecule has 5 nitrogen and oxygen atoms in total. The quantitative estimate of drug-likeness (QED) is 0.519. The zero-order valence-corrected chi connectivity index (χ0v) is 9.53. The summed E-state index contributed by atoms with van der Waals surface area (Å²) in [6, 6.07) is 0. The summed E-state index contributed by atoms with van der Waals surface area (Å²) in [5.41, 5.74) is 0.199. The number of ether oxygens (including phenoxy) is 2. The van der Waals surface area contributed by atoms with Crippen LogP contribution in [0.1, 0.15) is 20.8 Å². The van der Waals surface area contributed by atoms with Crippen LogP contribution in [-0.2, 0) is 23.9 Å². The maximum absolute atomic E-state index is 11.7. The minimum absolute atomic E-state index is 0.00875. The SMILES string of the molecule is CCOC(=O)C1C(=O)C(C)=C(OCC)C1=O. The highest BCUT2D eigenvalue weighted by atomic mass is 16.5. The highest BCUT2D eigenvalue weighted by Crippen LogP contribution is 2.26. The molecule has 1 aliphatic carbocycles. The fourth-order valence-electron chi connectivity index (χ4n) is 1.53. The topological polar surface area (TPSA) is 69.7 Å². The Kier molecular flexibility index (Phi) is 3.82. The second-order valence-electron chi connectivity index (χ2n) is 3.30. The van der Waals surface area contributed by atoms with Crippen molar-refractivity contribution in [3.63, 3.8) is 0 Å². The van der Waals surface area contributed by atoms with Crippen molar-refractivity contribution in [2.75, 3.05) is 13.2 Å². The number of rotatable bonds is 4. The molecule has 0 saturated carbocycles. The molecule has 0 spiro atoms. The van der Waals surface area contributed by atoms with Gasteiger partial charge in [-0.15, -0.1) is 0 Å². The van der Waals surface area contributed by atoms with Gasteiger partial charge in [-0.05, 0) is 20.8 Å². The van der Waals surface area contributed by atoms with Gasteiger partial charge in [0.2, 0.25) is 5.78 Å². The number of carbonyl (C=O) groups excluding carboxylic acids is 3. The van der Waals surface area contributed by atoms with Crippen LogP contribution in [0.4, 0.5) is 0 Å². The largest absolute Gasteiger partial charge is 0.490 e. The molecule has 0 aromatic heterocycles. The van der Waals surface area contributed by atoms with Gasteiger partial charge in [-0.1, -0.05) is 0 Å². The summed E-state index contributed by atoms with van der Waals surface area (Å²) in [7, 11) is 0. The van der Waals surface area contributed by atoms with Gasteiger partial charge in [0.25, 0.3) is 0 Å². The van der Waals surface area contributed by atoms with E-state index in [-0.39, 0.29) is 24.5 Å². The number of Topliss-reactive ketones (excluding diaryl/α,β-unsaturated/α-hetero) is 2. The van der Waals surface area contributed by atoms with E-state index in [2.05, 4.69) is 4.74 Å². The molecule has 0 aliphatic heterocycles. The standard InChI is InChI=1S/C11H14O5/c1-4-15-10-6(3)8(12)7(9(10)13)11(14)16-5-2/h7H,4-5H2,1-3H3. The molecule has 0 fully saturated rings. The molecule has 1 aliphatic rings. The van der Waals surface area contributed by atoms with E-state index in [1.165, 1.54) is 6.92 Å². The van der Waals surface area contributed by atoms with Crippen molar-refractivity contribution in [1.82, 2.24) is 0 Å². The van der Waals surface area contributed by atoms with Crippen molar-refractivity contribution in [2.24, 2.45) is 5.92 Å². The number of esters is 1. The lowest BCUT2D eigenvalue weighted by atomic mass is 10.0. The van der Waals surface area contributed by atoms with Gasteiger partial charge in [0, 0.05) is 5.57 Å². The molecule has 0 radical (unpaired) electrons. The van der Waals surface area contributed by atoms with Gasteiger partial charge >= 0.3 is 5.97 Å². The first kappa shape index (κ1) is 12.4. The molecular formula is C11H14O5. The maximum atomic E-state index is 11.7. The molecule has 1 rings (SSSR count). The van der Waals surface area contributed by atoms with E-state index in [4.69, 9.17) is 4.74 Å². The van der Waals surface area contributed by atoms with Crippen LogP contribution < -0.4 is 0 Å². The number of hydrogen-bond donors (Lipinski definition) is 0. The Balaban J connectivity index is 2.93. The van der Waals surface area contributed by atoms with Crippen LogP contribution in [-0.4, -0.2) is 30.7 Å². The Labute approximate surface area is 93.4 Å². The minimum Gasteiger partial charge on any atom is -0.490 e. The van der Waals surface area contributed by atoms with Gasteiger partial charge in [0.05, 0.1) is 13.2 Å². The van der Waals surface area contributed by atoms with Crippen molar-refractivity contribution in [2.45, 2.75) is 20.8 Å². The second kappa shape index (κ2) is 4.92. The predicted octanol–water partition coefficient (Wildman–Crippen LogP) is 0.628. The van der Waals surface area contributed by atoms with E-state index < -0.39 is 23.5 Å². The van der Waals surface area contributed by atoms with Gasteiger partial charge in [-0.3, -0.25) is 14.4 Å². The normalized spacial score (nSPS) is 20.3. The van der Waals surface area contributed by atoms with E-state index in [1.807, 2.05) is 0 Å². The van der Waals surface area contributed by atoms with Gasteiger partial charge in [0.1, 0.15) is 0 Å². The van der Waals surface area contributed by atoms with Crippen molar-refractivity contribution >= 4 is 17.5 Å². The fraction of sp³-hybridized carbons (Fsp3) is 0.545. The van der Waals surface area contributed by atoms with Crippen molar-refractivity contribution in [1.29, 1.82) is 0 Å².